The highest BCUT2D eigenvalue weighted by Crippen LogP contribution is 2.21. The summed E-state index contributed by atoms with van der Waals surface area (Å²) in [7, 11) is -3.89. The molecule has 2 amide bonds. The van der Waals surface area contributed by atoms with E-state index in [2.05, 4.69) is 24.1 Å². The largest absolute Gasteiger partial charge is 0.338 e. The van der Waals surface area contributed by atoms with Gasteiger partial charge in [-0.05, 0) is 51.3 Å². The minimum absolute atomic E-state index is 0.158. The van der Waals surface area contributed by atoms with E-state index >= 15 is 0 Å². The second kappa shape index (κ2) is 9.40. The summed E-state index contributed by atoms with van der Waals surface area (Å²) >= 11 is 0. The predicted molar refractivity (Wildman–Crippen MR) is 110 cm³/mol. The van der Waals surface area contributed by atoms with Crippen LogP contribution in [-0.4, -0.2) is 80.4 Å². The first-order valence-corrected chi connectivity index (χ1v) is 11.7. The molecule has 0 radical (unpaired) electrons. The monoisotopic (exact) mass is 426 g/mol. The average Bonchev–Trinajstić information content (AvgIpc) is 2.72. The molecule has 2 saturated heterocycles. The van der Waals surface area contributed by atoms with E-state index in [1.165, 1.54) is 22.5 Å². The Morgan fingerprint density at radius 3 is 2.52 bits per heavy atom. The quantitative estimate of drug-likeness (QED) is 0.781. The van der Waals surface area contributed by atoms with Crippen molar-refractivity contribution < 1.29 is 17.6 Å². The molecule has 1 aromatic carbocycles. The summed E-state index contributed by atoms with van der Waals surface area (Å²) in [5.74, 6) is -0.312. The first-order valence-electron chi connectivity index (χ1n) is 10.3. The van der Waals surface area contributed by atoms with Gasteiger partial charge < -0.3 is 15.1 Å². The van der Waals surface area contributed by atoms with Gasteiger partial charge in [-0.15, -0.1) is 0 Å². The molecule has 1 aromatic rings. The number of amides is 2. The number of piperidine rings is 1. The Labute approximate surface area is 172 Å². The van der Waals surface area contributed by atoms with Crippen molar-refractivity contribution in [2.45, 2.75) is 37.6 Å². The molecule has 2 heterocycles. The van der Waals surface area contributed by atoms with E-state index in [0.717, 1.165) is 32.0 Å². The Morgan fingerprint density at radius 2 is 1.86 bits per heavy atom. The Hall–Kier alpha value is -1.71. The molecule has 3 rings (SSSR count). The summed E-state index contributed by atoms with van der Waals surface area (Å²) in [4.78, 5) is 16.3. The molecule has 0 spiro atoms. The summed E-state index contributed by atoms with van der Waals surface area (Å²) in [6.45, 7) is 8.03. The molecule has 7 nitrogen and oxygen atoms in total. The number of urea groups is 1. The van der Waals surface area contributed by atoms with Crippen LogP contribution in [0.5, 0.6) is 0 Å². The third kappa shape index (κ3) is 5.26. The second-order valence-electron chi connectivity index (χ2n) is 8.10. The summed E-state index contributed by atoms with van der Waals surface area (Å²) in [5.41, 5.74) is 0. The number of carbonyl (C=O) groups is 1. The maximum Gasteiger partial charge on any atom is 0.317 e. The standard InChI is InChI=1S/C20H31FN4O3S/c1-16(2)24-9-5-6-17(15-24)14-22-20(26)23-10-12-25(13-11-23)29(27,28)19-8-4-3-7-18(19)21/h3-4,7-8,16-17H,5-6,9-15H2,1-2H3,(H,22,26). The van der Waals surface area contributed by atoms with Crippen molar-refractivity contribution in [1.82, 2.24) is 19.4 Å². The topological polar surface area (TPSA) is 73.0 Å². The number of sulfonamides is 1. The maximum absolute atomic E-state index is 13.9. The van der Waals surface area contributed by atoms with E-state index in [1.807, 2.05) is 0 Å². The number of carbonyl (C=O) groups excluding carboxylic acids is 1. The van der Waals surface area contributed by atoms with Crippen molar-refractivity contribution in [3.63, 3.8) is 0 Å². The van der Waals surface area contributed by atoms with Gasteiger partial charge in [-0.3, -0.25) is 0 Å². The van der Waals surface area contributed by atoms with E-state index in [1.54, 1.807) is 4.90 Å². The molecule has 2 aliphatic rings. The molecular weight excluding hydrogens is 395 g/mol. The van der Waals surface area contributed by atoms with Gasteiger partial charge in [0.2, 0.25) is 10.0 Å². The van der Waals surface area contributed by atoms with E-state index in [0.29, 0.717) is 31.6 Å². The van der Waals surface area contributed by atoms with E-state index in [-0.39, 0.29) is 24.0 Å². The molecule has 1 unspecified atom stereocenters. The molecule has 29 heavy (non-hydrogen) atoms. The van der Waals surface area contributed by atoms with Crippen LogP contribution in [0.2, 0.25) is 0 Å². The van der Waals surface area contributed by atoms with Gasteiger partial charge in [-0.2, -0.15) is 4.31 Å². The number of piperazine rings is 1. The molecule has 0 aromatic heterocycles. The van der Waals surface area contributed by atoms with Crippen LogP contribution < -0.4 is 5.32 Å². The van der Waals surface area contributed by atoms with Crippen LogP contribution in [0.25, 0.3) is 0 Å². The van der Waals surface area contributed by atoms with Gasteiger partial charge in [-0.1, -0.05) is 12.1 Å². The van der Waals surface area contributed by atoms with Crippen molar-refractivity contribution in [2.24, 2.45) is 5.92 Å². The molecule has 162 valence electrons. The van der Waals surface area contributed by atoms with E-state index in [4.69, 9.17) is 0 Å². The number of hydrogen-bond acceptors (Lipinski definition) is 4. The minimum atomic E-state index is -3.89. The Kier molecular flexibility index (Phi) is 7.13. The second-order valence-corrected chi connectivity index (χ2v) is 10.0. The summed E-state index contributed by atoms with van der Waals surface area (Å²) in [6.07, 6.45) is 2.25. The van der Waals surface area contributed by atoms with Gasteiger partial charge in [0.15, 0.2) is 0 Å². The van der Waals surface area contributed by atoms with Crippen LogP contribution >= 0.6 is 0 Å². The van der Waals surface area contributed by atoms with Crippen molar-refractivity contribution in [1.29, 1.82) is 0 Å². The van der Waals surface area contributed by atoms with Gasteiger partial charge in [0.1, 0.15) is 10.7 Å². The smallest absolute Gasteiger partial charge is 0.317 e. The van der Waals surface area contributed by atoms with Crippen LogP contribution in [0.4, 0.5) is 9.18 Å². The lowest BCUT2D eigenvalue weighted by molar-refractivity contribution is 0.134. The van der Waals surface area contributed by atoms with E-state index < -0.39 is 15.8 Å². The molecule has 1 atom stereocenters. The first kappa shape index (κ1) is 22.0. The average molecular weight is 427 g/mol. The Balaban J connectivity index is 1.49. The Morgan fingerprint density at radius 1 is 1.17 bits per heavy atom. The third-order valence-corrected chi connectivity index (χ3v) is 7.73. The third-order valence-electron chi connectivity index (χ3n) is 5.80. The van der Waals surface area contributed by atoms with Crippen LogP contribution in [0.3, 0.4) is 0 Å². The SMILES string of the molecule is CC(C)N1CCCC(CNC(=O)N2CCN(S(=O)(=O)c3ccccc3F)CC2)C1. The van der Waals surface area contributed by atoms with Crippen molar-refractivity contribution in [3.05, 3.63) is 30.1 Å². The number of rotatable bonds is 5. The molecule has 0 aliphatic carbocycles. The zero-order valence-electron chi connectivity index (χ0n) is 17.2. The fourth-order valence-corrected chi connectivity index (χ4v) is 5.49. The normalized spacial score (nSPS) is 22.1. The number of nitrogens with one attached hydrogen (secondary N) is 1. The molecule has 9 heteroatoms. The lowest BCUT2D eigenvalue weighted by atomic mass is 9.97. The highest BCUT2D eigenvalue weighted by atomic mass is 32.2. The fourth-order valence-electron chi connectivity index (χ4n) is 4.00. The molecule has 2 fully saturated rings. The zero-order chi connectivity index (χ0) is 21.0. The van der Waals surface area contributed by atoms with Gasteiger partial charge in [0.25, 0.3) is 0 Å². The summed E-state index contributed by atoms with van der Waals surface area (Å²) < 4.78 is 40.5. The molecule has 2 aliphatic heterocycles. The van der Waals surface area contributed by atoms with Gasteiger partial charge in [-0.25, -0.2) is 17.6 Å². The number of likely N-dealkylation sites (tertiary alicyclic amines) is 1. The molecular formula is C20H31FN4O3S. The van der Waals surface area contributed by atoms with Crippen molar-refractivity contribution in [2.75, 3.05) is 45.8 Å². The van der Waals surface area contributed by atoms with Crippen LogP contribution in [0, 0.1) is 11.7 Å². The van der Waals surface area contributed by atoms with Crippen molar-refractivity contribution in [3.8, 4) is 0 Å². The summed E-state index contributed by atoms with van der Waals surface area (Å²) in [5, 5.41) is 3.01. The lowest BCUT2D eigenvalue weighted by Gasteiger charge is -2.37. The van der Waals surface area contributed by atoms with Crippen LogP contribution in [0.15, 0.2) is 29.2 Å². The summed E-state index contributed by atoms with van der Waals surface area (Å²) in [6, 6.07) is 5.73. The van der Waals surface area contributed by atoms with Crippen LogP contribution in [-0.2, 0) is 10.0 Å². The fraction of sp³-hybridized carbons (Fsp3) is 0.650. The molecule has 1 N–H and O–H groups in total. The first-order chi connectivity index (χ1) is 13.8. The van der Waals surface area contributed by atoms with Crippen molar-refractivity contribution >= 4 is 16.1 Å². The predicted octanol–water partition coefficient (Wildman–Crippen LogP) is 1.96. The molecule has 0 bridgehead atoms. The number of halogens is 1. The van der Waals surface area contributed by atoms with Gasteiger partial charge >= 0.3 is 6.03 Å². The highest BCUT2D eigenvalue weighted by molar-refractivity contribution is 7.89. The van der Waals surface area contributed by atoms with Gasteiger partial charge in [0.05, 0.1) is 0 Å². The van der Waals surface area contributed by atoms with Gasteiger partial charge in [0, 0.05) is 45.3 Å². The lowest BCUT2D eigenvalue weighted by Crippen LogP contribution is -2.54. The number of benzene rings is 1. The highest BCUT2D eigenvalue weighted by Gasteiger charge is 2.32. The molecule has 0 saturated carbocycles. The van der Waals surface area contributed by atoms with E-state index in [9.17, 15) is 17.6 Å². The maximum atomic E-state index is 13.9. The zero-order valence-corrected chi connectivity index (χ0v) is 18.0. The minimum Gasteiger partial charge on any atom is -0.338 e. The number of hydrogen-bond donors (Lipinski definition) is 1. The number of nitrogens with zero attached hydrogens (tertiary/aromatic N) is 3. The Bertz CT molecular complexity index is 810. The van der Waals surface area contributed by atoms with Crippen LogP contribution in [0.1, 0.15) is 26.7 Å².